The smallest absolute Gasteiger partial charge is 0.351 e. The van der Waals surface area contributed by atoms with Gasteiger partial charge in [-0.3, -0.25) is 66.7 Å². The SMILES string of the molecule is [C-]#[N+]CCO[P+]([S-])(OC[C@H]1O[C@@H](n2cnc3c(=O)[nH]c(N=CN(C)C)nc32)C[C@H]1O[P+]([S-])(OCC[N+]#[C-])OC[C@H]1O[C@@H](n2cc(C)c(=O)[nH]c2=O)C[C@H]1O[P+]([S-])(OCC[N+]#[C-])OC[C@H]1O[C@@H](n2cnc3c(=O)[nH]c(N=CN(C)C)nc32)C[C@H]1O[P+]([S-])(OCC[N+]#[C-])OC[C@H]1O[C@@H](n2cc(C)c(=O)[nH]c2=O)C[C@H]1O[P+]([S-])(OCC[N+]#[C-])OC[C@H]1O[C@@H](n2ccc(NC(C)=O)nc2=O)C[C@H]1C(C)C)OC(C)C. The summed E-state index contributed by atoms with van der Waals surface area (Å²) in [6, 6.07) is 1.45. The number of aromatic amines is 4. The van der Waals surface area contributed by atoms with E-state index in [4.69, 9.17) is 186 Å². The summed E-state index contributed by atoms with van der Waals surface area (Å²) in [6.07, 6.45) is -8.88. The summed E-state index contributed by atoms with van der Waals surface area (Å²) < 4.78 is 137. The van der Waals surface area contributed by atoms with Crippen molar-refractivity contribution in [3.05, 3.63) is 178 Å². The number of nitrogens with zero attached hydrogens (tertiary/aromatic N) is 19. The Morgan fingerprint density at radius 2 is 0.807 bits per heavy atom. The molecular formula is C78H103N24O28P5S5. The van der Waals surface area contributed by atoms with Crippen molar-refractivity contribution in [2.24, 2.45) is 21.8 Å². The van der Waals surface area contributed by atoms with Crippen molar-refractivity contribution in [1.82, 2.24) is 77.5 Å². The van der Waals surface area contributed by atoms with E-state index in [9.17, 15) is 38.4 Å². The fourth-order valence-corrected chi connectivity index (χ4v) is 25.5. The summed E-state index contributed by atoms with van der Waals surface area (Å²) in [5.41, 5.74) is -5.19. The highest BCUT2D eigenvalue weighted by Crippen LogP contribution is 2.69. The van der Waals surface area contributed by atoms with Crippen LogP contribution in [0.25, 0.3) is 46.6 Å². The molecule has 7 aromatic heterocycles. The van der Waals surface area contributed by atoms with Gasteiger partial charge in [0.15, 0.2) is 55.4 Å². The van der Waals surface area contributed by atoms with Crippen LogP contribution in [0.1, 0.15) is 109 Å². The van der Waals surface area contributed by atoms with Crippen LogP contribution in [0.15, 0.2) is 80.9 Å². The van der Waals surface area contributed by atoms with Gasteiger partial charge < -0.3 is 124 Å². The monoisotopic (exact) mass is 2140 g/mol. The minimum Gasteiger partial charge on any atom is -0.459 e. The first-order valence-corrected chi connectivity index (χ1v) is 56.1. The largest absolute Gasteiger partial charge is 0.459 e. The minimum atomic E-state index is -4.46. The number of carbonyl (C=O) groups is 1. The molecule has 0 aliphatic carbocycles. The molecule has 5 aliphatic heterocycles. The fraction of sp³-hybridized carbons (Fsp3) is 0.615. The Kier molecular flexibility index (Phi) is 39.6. The summed E-state index contributed by atoms with van der Waals surface area (Å²) in [5.74, 6) is -0.960. The van der Waals surface area contributed by atoms with Gasteiger partial charge >= 0.3 is 17.1 Å². The molecule has 20 atom stereocenters. The molecule has 140 heavy (non-hydrogen) atoms. The Labute approximate surface area is 829 Å². The lowest BCUT2D eigenvalue weighted by Crippen LogP contribution is -2.34. The third kappa shape index (κ3) is 29.6. The van der Waals surface area contributed by atoms with Gasteiger partial charge in [0.2, 0.25) is 50.5 Å². The van der Waals surface area contributed by atoms with Gasteiger partial charge in [0.1, 0.15) is 125 Å². The third-order valence-corrected chi connectivity index (χ3v) is 33.2. The van der Waals surface area contributed by atoms with Crippen LogP contribution in [-0.2, 0) is 158 Å². The van der Waals surface area contributed by atoms with E-state index in [1.54, 1.807) is 51.8 Å². The van der Waals surface area contributed by atoms with Gasteiger partial charge in [0.05, 0.1) is 31.4 Å². The summed E-state index contributed by atoms with van der Waals surface area (Å²) in [5, 5.41) is 2.49. The number of rotatable bonds is 51. The molecule has 5 saturated heterocycles. The van der Waals surface area contributed by atoms with Crippen molar-refractivity contribution in [3.63, 3.8) is 0 Å². The molecular weight excluding hydrogens is 2040 g/mol. The Balaban J connectivity index is 0.865. The molecule has 5 unspecified atom stereocenters. The van der Waals surface area contributed by atoms with Crippen molar-refractivity contribution < 1.29 is 96.3 Å². The van der Waals surface area contributed by atoms with Crippen LogP contribution in [0, 0.1) is 58.5 Å². The molecule has 12 heterocycles. The first-order valence-electron chi connectivity index (χ1n) is 43.3. The predicted octanol–water partition coefficient (Wildman–Crippen LogP) is 7.19. The van der Waals surface area contributed by atoms with E-state index < -0.39 is 213 Å². The Morgan fingerprint density at radius 3 is 1.14 bits per heavy atom. The average molecular weight is 2140 g/mol. The van der Waals surface area contributed by atoms with E-state index in [0.29, 0.717) is 6.42 Å². The molecule has 62 heteroatoms. The highest BCUT2D eigenvalue weighted by Gasteiger charge is 2.55. The van der Waals surface area contributed by atoms with Crippen molar-refractivity contribution in [2.45, 2.75) is 173 Å². The molecule has 0 aromatic carbocycles. The van der Waals surface area contributed by atoms with Crippen molar-refractivity contribution in [3.8, 4) is 0 Å². The zero-order chi connectivity index (χ0) is 101. The van der Waals surface area contributed by atoms with E-state index in [-0.39, 0.29) is 148 Å². The van der Waals surface area contributed by atoms with Gasteiger partial charge in [-0.25, -0.2) is 67.2 Å². The molecule has 0 spiro atoms. The lowest BCUT2D eigenvalue weighted by Gasteiger charge is -2.34. The lowest BCUT2D eigenvalue weighted by molar-refractivity contribution is -0.114. The van der Waals surface area contributed by atoms with Crippen LogP contribution in [0.4, 0.5) is 17.7 Å². The third-order valence-electron chi connectivity index (χ3n) is 21.1. The number of aromatic nitrogens is 14. The lowest BCUT2D eigenvalue weighted by atomic mass is 9.89. The second-order valence-corrected chi connectivity index (χ2v) is 47.6. The van der Waals surface area contributed by atoms with Crippen LogP contribution in [0.2, 0.25) is 0 Å². The molecule has 1 amide bonds. The second kappa shape index (κ2) is 50.1. The number of H-pyrrole nitrogens is 4. The maximum atomic E-state index is 14.0. The number of carbonyl (C=O) groups excluding carboxylic acids is 1. The van der Waals surface area contributed by atoms with Gasteiger partial charge in [-0.15, -0.1) is 0 Å². The minimum absolute atomic E-state index is 0.0282. The molecule has 52 nitrogen and oxygen atoms in total. The molecule has 0 radical (unpaired) electrons. The zero-order valence-electron chi connectivity index (χ0n) is 77.3. The van der Waals surface area contributed by atoms with Crippen molar-refractivity contribution in [2.75, 3.05) is 132 Å². The fourth-order valence-electron chi connectivity index (χ4n) is 14.7. The summed E-state index contributed by atoms with van der Waals surface area (Å²) in [4.78, 5) is 167. The van der Waals surface area contributed by atoms with Crippen LogP contribution in [0.3, 0.4) is 0 Å². The van der Waals surface area contributed by atoms with E-state index in [2.05, 4.69) is 84.4 Å². The molecule has 5 aliphatic rings. The number of amides is 1. The topological polar surface area (TPSA) is 538 Å². The van der Waals surface area contributed by atoms with Crippen molar-refractivity contribution in [1.29, 1.82) is 0 Å². The van der Waals surface area contributed by atoms with E-state index in [1.807, 2.05) is 13.8 Å². The number of anilines is 1. The van der Waals surface area contributed by atoms with Crippen LogP contribution in [0.5, 0.6) is 0 Å². The number of ether oxygens (including phenoxy) is 5. The number of nitrogens with one attached hydrogen (secondary N) is 5. The number of aryl methyl sites for hydroxylation is 2. The van der Waals surface area contributed by atoms with Gasteiger partial charge in [0, 0.05) is 90.5 Å². The first kappa shape index (κ1) is 111. The molecule has 0 bridgehead atoms. The number of aliphatic imine (C=N–C) groups is 2. The highest BCUT2D eigenvalue weighted by atomic mass is 32.7. The van der Waals surface area contributed by atoms with E-state index in [1.165, 1.54) is 84.5 Å². The predicted molar refractivity (Wildman–Crippen MR) is 520 cm³/mol. The van der Waals surface area contributed by atoms with E-state index >= 15 is 0 Å². The number of imidazole rings is 2. The zero-order valence-corrected chi connectivity index (χ0v) is 85.8. The molecule has 0 saturated carbocycles. The summed E-state index contributed by atoms with van der Waals surface area (Å²) >= 11 is 31.1. The van der Waals surface area contributed by atoms with Gasteiger partial charge in [-0.05, 0) is 52.0 Å². The first-order chi connectivity index (χ1) is 66.6. The maximum Gasteiger partial charge on any atom is 0.351 e. The van der Waals surface area contributed by atoms with Crippen LogP contribution in [-0.4, -0.2) is 284 Å². The Hall–Kier alpha value is -8.10. The molecule has 5 fully saturated rings. The maximum absolute atomic E-state index is 14.0. The Morgan fingerprint density at radius 1 is 0.479 bits per heavy atom. The average Bonchev–Trinajstić information content (AvgIpc) is 1.63. The number of hydrogen-bond acceptors (Lipinski definition) is 40. The number of fused-ring (bicyclic) bond motifs is 2. The normalized spacial score (nSPS) is 24.8. The second-order valence-electron chi connectivity index (χ2n) is 32.7. The van der Waals surface area contributed by atoms with Crippen molar-refractivity contribution >= 4 is 156 Å². The Bertz CT molecular complexity index is 6230. The standard InChI is InChI=1S/C78H103N24O28P5S5/c1-45(2)50-29-61(98-23-17-60(88-49(7)103)89-76(98)108)121-55(50)36-116-132(137,112-25-19-80-9)127-51-30-62(99-34-47(5)70(104)94-77(99)109)122-56(51)38-118-135(140,115-28-22-83-12)130-54-33-65(102-44-85-67-69(102)91-75(93-73(67)107)87-42-97(15)16)125-59(54)40-120-133(138,113-26-20-81-10)128-52-31-63(100-35-48(6)71(105)95-78(100)110)123-57(52)39-119-134(139,114-27-21-82-11)129-53-32-64(124-58(53)37-117-131(136,126-46(3)4)111-24-18-79-8)101-43-84-66-68(101)90-74(92-72(66)106)86-41-96(13)14/h17,23,34-35,41-46,50-59,61-65H,18-22,24-33,36-40H2,1-7,13-16H3,(H,90,92,106)(H,91,93,107)(H,94,104,109)(H,95,105,110)(H,88,89,103,108)/t50-,51+,52+,53+,54+,55+,56+,57+,58+,59+,61+,62+,63+,64+,65+,131?,132?,133?,134?,135?/m0/s1. The van der Waals surface area contributed by atoms with Crippen LogP contribution >= 0.6 is 35.7 Å². The van der Waals surface area contributed by atoms with Gasteiger partial charge in [0.25, 0.3) is 58.0 Å². The summed E-state index contributed by atoms with van der Waals surface area (Å²) in [6.45, 7) is 44.5. The summed E-state index contributed by atoms with van der Waals surface area (Å²) in [7, 11) is -14.2. The van der Waals surface area contributed by atoms with Crippen LogP contribution < -0.4 is 44.6 Å². The highest BCUT2D eigenvalue weighted by molar-refractivity contribution is 8.37. The molecule has 5 N–H and O–H groups in total. The molecule has 758 valence electrons. The van der Waals surface area contributed by atoms with Gasteiger partial charge in [-0.2, -0.15) is 82.8 Å². The molecule has 7 aromatic rings. The quantitative estimate of drug-likeness (QED) is 0.00628. The number of hydrogen-bond donors (Lipinski definition) is 5. The van der Waals surface area contributed by atoms with Gasteiger partial charge in [-0.1, -0.05) is 13.8 Å². The molecule has 12 rings (SSSR count). The van der Waals surface area contributed by atoms with E-state index in [0.717, 1.165) is 9.13 Å².